The molecule has 3 nitrogen and oxygen atoms in total. The molecule has 1 aliphatic rings. The van der Waals surface area contributed by atoms with Gasteiger partial charge in [-0.15, -0.1) is 0 Å². The maximum absolute atomic E-state index is 12.7. The van der Waals surface area contributed by atoms with Gasteiger partial charge < -0.3 is 26.2 Å². The van der Waals surface area contributed by atoms with Crippen molar-refractivity contribution in [2.75, 3.05) is 39.4 Å². The normalized spacial score (nSPS) is 15.3. The van der Waals surface area contributed by atoms with Gasteiger partial charge >= 0.3 is 0 Å². The van der Waals surface area contributed by atoms with Crippen molar-refractivity contribution in [1.29, 1.82) is 0 Å². The molecule has 1 fully saturated rings. The number of ketones is 1. The van der Waals surface area contributed by atoms with Crippen LogP contribution in [0.3, 0.4) is 0 Å². The van der Waals surface area contributed by atoms with Crippen molar-refractivity contribution in [1.82, 2.24) is 0 Å². The number of rotatable bonds is 4. The van der Waals surface area contributed by atoms with Crippen LogP contribution in [0.4, 0.5) is 0 Å². The second kappa shape index (κ2) is 9.89. The maximum atomic E-state index is 12.7. The quantitative estimate of drug-likeness (QED) is 0.396. The van der Waals surface area contributed by atoms with Crippen LogP contribution >= 0.6 is 11.6 Å². The zero-order valence-electron chi connectivity index (χ0n) is 14.5. The Kier molecular flexibility index (Phi) is 7.86. The van der Waals surface area contributed by atoms with Crippen molar-refractivity contribution in [3.63, 3.8) is 0 Å². The van der Waals surface area contributed by atoms with Crippen molar-refractivity contribution in [2.45, 2.75) is 0 Å². The molecule has 0 unspecified atom stereocenters. The van der Waals surface area contributed by atoms with Gasteiger partial charge in [-0.25, -0.2) is 0 Å². The lowest BCUT2D eigenvalue weighted by Crippen LogP contribution is -3.00. The van der Waals surface area contributed by atoms with E-state index in [1.54, 1.807) is 24.3 Å². The Hall–Kier alpha value is -1.64. The minimum absolute atomic E-state index is 0. The summed E-state index contributed by atoms with van der Waals surface area (Å²) in [7, 11) is 0. The van der Waals surface area contributed by atoms with Gasteiger partial charge in [0.1, 0.15) is 26.2 Å². The lowest BCUT2D eigenvalue weighted by Gasteiger charge is -2.39. The van der Waals surface area contributed by atoms with E-state index in [0.29, 0.717) is 41.4 Å². The average molecular weight is 435 g/mol. The molecule has 0 saturated carbocycles. The second-order valence-corrected chi connectivity index (χ2v) is 6.75. The number of hydrogen-bond acceptors (Lipinski definition) is 2. The predicted octanol–water partition coefficient (Wildman–Crippen LogP) is 0.425. The number of ether oxygens (including phenoxy) is 1. The van der Waals surface area contributed by atoms with Gasteiger partial charge in [-0.1, -0.05) is 35.7 Å². The van der Waals surface area contributed by atoms with Crippen LogP contribution in [0.15, 0.2) is 54.6 Å². The largest absolute Gasteiger partial charge is 1.00 e. The van der Waals surface area contributed by atoms with Crippen LogP contribution in [-0.4, -0.2) is 49.7 Å². The van der Waals surface area contributed by atoms with Crippen LogP contribution in [-0.2, 0) is 4.74 Å². The molecule has 0 spiro atoms. The van der Waals surface area contributed by atoms with Crippen LogP contribution in [0.5, 0.6) is 0 Å². The van der Waals surface area contributed by atoms with E-state index in [0.717, 1.165) is 18.7 Å². The van der Waals surface area contributed by atoms with Gasteiger partial charge in [-0.05, 0) is 42.3 Å². The van der Waals surface area contributed by atoms with E-state index in [9.17, 15) is 4.79 Å². The van der Waals surface area contributed by atoms with Gasteiger partial charge in [0.05, 0.1) is 13.2 Å². The molecule has 0 N–H and O–H groups in total. The molecule has 0 bridgehead atoms. The number of carbonyl (C=O) groups is 1. The Labute approximate surface area is 170 Å². The first-order chi connectivity index (χ1) is 12.2. The van der Waals surface area contributed by atoms with Gasteiger partial charge in [0, 0.05) is 16.1 Å². The number of carbonyl (C=O) groups excluding carboxylic acids is 1. The number of hydrogen-bond donors (Lipinski definition) is 0. The van der Waals surface area contributed by atoms with E-state index in [2.05, 4.69) is 11.8 Å². The maximum Gasteiger partial charge on any atom is 0.216 e. The summed E-state index contributed by atoms with van der Waals surface area (Å²) in [4.78, 5) is 12.7. The zero-order valence-corrected chi connectivity index (χ0v) is 16.8. The van der Waals surface area contributed by atoms with Crippen LogP contribution in [0.2, 0.25) is 5.02 Å². The summed E-state index contributed by atoms with van der Waals surface area (Å²) in [6, 6.07) is 17.0. The summed E-state index contributed by atoms with van der Waals surface area (Å²) >= 11 is 5.91. The summed E-state index contributed by atoms with van der Waals surface area (Å²) in [5, 5.41) is 0.639. The van der Waals surface area contributed by atoms with E-state index in [1.165, 1.54) is 0 Å². The number of benzene rings is 2. The minimum Gasteiger partial charge on any atom is -1.00 e. The topological polar surface area (TPSA) is 26.3 Å². The third-order valence-corrected chi connectivity index (χ3v) is 4.74. The molecule has 0 atom stereocenters. The highest BCUT2D eigenvalue weighted by atomic mass is 79.9. The average Bonchev–Trinajstić information content (AvgIpc) is 2.64. The SMILES string of the molecule is O=C(C[N+]1(CC#Cc2ccccc2)CCOCC1)c1ccc(Cl)cc1.[Br-]. The van der Waals surface area contributed by atoms with Crippen molar-refractivity contribution in [2.24, 2.45) is 0 Å². The van der Waals surface area contributed by atoms with Crippen molar-refractivity contribution in [3.8, 4) is 11.8 Å². The fraction of sp³-hybridized carbons (Fsp3) is 0.286. The van der Waals surface area contributed by atoms with Gasteiger partial charge in [0.15, 0.2) is 0 Å². The van der Waals surface area contributed by atoms with E-state index in [4.69, 9.17) is 16.3 Å². The first-order valence-electron chi connectivity index (χ1n) is 8.42. The van der Waals surface area contributed by atoms with Gasteiger partial charge in [-0.2, -0.15) is 0 Å². The molecule has 0 radical (unpaired) electrons. The monoisotopic (exact) mass is 433 g/mol. The third kappa shape index (κ3) is 5.69. The highest BCUT2D eigenvalue weighted by molar-refractivity contribution is 6.30. The van der Waals surface area contributed by atoms with Crippen LogP contribution < -0.4 is 17.0 Å². The van der Waals surface area contributed by atoms with Crippen LogP contribution in [0, 0.1) is 11.8 Å². The Morgan fingerprint density at radius 3 is 2.35 bits per heavy atom. The summed E-state index contributed by atoms with van der Waals surface area (Å²) in [6.07, 6.45) is 0. The Morgan fingerprint density at radius 1 is 1.04 bits per heavy atom. The van der Waals surface area contributed by atoms with E-state index >= 15 is 0 Å². The van der Waals surface area contributed by atoms with Crippen molar-refractivity contribution in [3.05, 3.63) is 70.7 Å². The first-order valence-corrected chi connectivity index (χ1v) is 8.80. The number of nitrogens with zero attached hydrogens (tertiary/aromatic N) is 1. The molecular formula is C21H21BrClNO2. The summed E-state index contributed by atoms with van der Waals surface area (Å²) in [5.41, 5.74) is 1.70. The zero-order chi connectivity index (χ0) is 17.5. The summed E-state index contributed by atoms with van der Waals surface area (Å²) in [5.74, 6) is 6.60. The van der Waals surface area contributed by atoms with Gasteiger partial charge in [0.25, 0.3) is 0 Å². The minimum atomic E-state index is 0. The van der Waals surface area contributed by atoms with Crippen molar-refractivity contribution >= 4 is 17.4 Å². The fourth-order valence-corrected chi connectivity index (χ4v) is 3.09. The lowest BCUT2D eigenvalue weighted by molar-refractivity contribution is -0.920. The number of halogens is 2. The highest BCUT2D eigenvalue weighted by Crippen LogP contribution is 2.15. The van der Waals surface area contributed by atoms with E-state index < -0.39 is 0 Å². The molecule has 3 rings (SSSR count). The molecule has 0 aromatic heterocycles. The molecule has 2 aromatic rings. The molecule has 1 aliphatic heterocycles. The molecule has 5 heteroatoms. The highest BCUT2D eigenvalue weighted by Gasteiger charge is 2.32. The van der Waals surface area contributed by atoms with Gasteiger partial charge in [-0.3, -0.25) is 4.79 Å². The molecule has 136 valence electrons. The Balaban J connectivity index is 0.00000243. The van der Waals surface area contributed by atoms with Gasteiger partial charge in [0.2, 0.25) is 5.78 Å². The molecule has 0 aliphatic carbocycles. The number of Topliss-reactive ketones (excluding diaryl/α,β-unsaturated/α-hetero) is 1. The second-order valence-electron chi connectivity index (χ2n) is 6.32. The lowest BCUT2D eigenvalue weighted by atomic mass is 10.1. The predicted molar refractivity (Wildman–Crippen MR) is 99.6 cm³/mol. The van der Waals surface area contributed by atoms with Crippen LogP contribution in [0.1, 0.15) is 15.9 Å². The summed E-state index contributed by atoms with van der Waals surface area (Å²) in [6.45, 7) is 4.04. The number of quaternary nitrogens is 1. The first kappa shape index (κ1) is 20.7. The Bertz CT molecular complexity index is 775. The molecule has 0 amide bonds. The molecular weight excluding hydrogens is 414 g/mol. The fourth-order valence-electron chi connectivity index (χ4n) is 2.96. The molecule has 1 saturated heterocycles. The van der Waals surface area contributed by atoms with Crippen LogP contribution in [0.25, 0.3) is 0 Å². The molecule has 1 heterocycles. The van der Waals surface area contributed by atoms with Crippen molar-refractivity contribution < 1.29 is 31.0 Å². The number of morpholine rings is 1. The standard InChI is InChI=1S/C21H21ClNO2.BrH/c22-20-10-8-19(9-11-20)21(24)17-23(13-15-25-16-14-23)12-4-7-18-5-2-1-3-6-18;/h1-3,5-6,8-11H,12-17H2;1H/q+1;/p-1. The molecule has 26 heavy (non-hydrogen) atoms. The smallest absolute Gasteiger partial charge is 0.216 e. The third-order valence-electron chi connectivity index (χ3n) is 4.49. The van der Waals surface area contributed by atoms with E-state index in [-0.39, 0.29) is 22.8 Å². The molecule has 2 aromatic carbocycles. The van der Waals surface area contributed by atoms with E-state index in [1.807, 2.05) is 30.3 Å². The summed E-state index contributed by atoms with van der Waals surface area (Å²) < 4.78 is 6.15. The Morgan fingerprint density at radius 2 is 1.69 bits per heavy atom.